The van der Waals surface area contributed by atoms with Crippen molar-refractivity contribution < 1.29 is 9.90 Å². The summed E-state index contributed by atoms with van der Waals surface area (Å²) in [5.74, 6) is -1.26. The molecule has 0 saturated heterocycles. The second kappa shape index (κ2) is 5.95. The van der Waals surface area contributed by atoms with Crippen molar-refractivity contribution in [2.75, 3.05) is 0 Å². The van der Waals surface area contributed by atoms with E-state index in [2.05, 4.69) is 4.98 Å². The number of carboxylic acids is 1. The van der Waals surface area contributed by atoms with Crippen LogP contribution in [0.1, 0.15) is 39.9 Å². The molecule has 3 nitrogen and oxygen atoms in total. The summed E-state index contributed by atoms with van der Waals surface area (Å²) in [6, 6.07) is 5.41. The Balaban J connectivity index is 1.93. The molecule has 21 heavy (non-hydrogen) atoms. The Morgan fingerprint density at radius 3 is 2.76 bits per heavy atom. The smallest absolute Gasteiger partial charge is 0.312 e. The maximum Gasteiger partial charge on any atom is 0.312 e. The number of aryl methyl sites for hydroxylation is 1. The van der Waals surface area contributed by atoms with Gasteiger partial charge >= 0.3 is 5.97 Å². The van der Waals surface area contributed by atoms with Crippen LogP contribution in [0.5, 0.6) is 0 Å². The normalized spacial score (nSPS) is 17.5. The molecule has 1 heterocycles. The number of hydrogen-bond acceptors (Lipinski definition) is 3. The lowest BCUT2D eigenvalue weighted by atomic mass is 9.91. The first kappa shape index (κ1) is 14.8. The molecular formula is C15H13Cl2NO2S. The average Bonchev–Trinajstić information content (AvgIpc) is 2.85. The van der Waals surface area contributed by atoms with Crippen LogP contribution in [-0.4, -0.2) is 16.1 Å². The molecule has 1 atom stereocenters. The molecule has 1 aliphatic rings. The average molecular weight is 342 g/mol. The number of nitrogens with zero attached hydrogens (tertiary/aromatic N) is 1. The third-order valence-electron chi connectivity index (χ3n) is 3.69. The largest absolute Gasteiger partial charge is 0.481 e. The zero-order chi connectivity index (χ0) is 15.0. The number of rotatable bonds is 3. The van der Waals surface area contributed by atoms with Crippen molar-refractivity contribution in [1.29, 1.82) is 0 Å². The van der Waals surface area contributed by atoms with E-state index in [9.17, 15) is 9.90 Å². The van der Waals surface area contributed by atoms with Crippen LogP contribution < -0.4 is 0 Å². The van der Waals surface area contributed by atoms with Gasteiger partial charge in [0.2, 0.25) is 0 Å². The SMILES string of the molecule is O=C(O)C1CCCc2sc(Cc3c(Cl)cccc3Cl)nc21. The highest BCUT2D eigenvalue weighted by molar-refractivity contribution is 7.11. The molecule has 0 radical (unpaired) electrons. The van der Waals surface area contributed by atoms with E-state index >= 15 is 0 Å². The van der Waals surface area contributed by atoms with E-state index in [0.29, 0.717) is 22.9 Å². The molecule has 0 saturated carbocycles. The third kappa shape index (κ3) is 2.93. The van der Waals surface area contributed by atoms with Crippen molar-refractivity contribution >= 4 is 40.5 Å². The summed E-state index contributed by atoms with van der Waals surface area (Å²) >= 11 is 13.9. The Bertz CT molecular complexity index is 679. The summed E-state index contributed by atoms with van der Waals surface area (Å²) in [4.78, 5) is 17.0. The van der Waals surface area contributed by atoms with Gasteiger partial charge in [0.15, 0.2) is 0 Å². The fourth-order valence-electron chi connectivity index (χ4n) is 2.64. The van der Waals surface area contributed by atoms with Gasteiger partial charge in [0.05, 0.1) is 16.6 Å². The first-order valence-electron chi connectivity index (χ1n) is 6.70. The summed E-state index contributed by atoms with van der Waals surface area (Å²) in [5.41, 5.74) is 1.58. The topological polar surface area (TPSA) is 50.2 Å². The number of aliphatic carboxylic acids is 1. The highest BCUT2D eigenvalue weighted by Gasteiger charge is 2.30. The number of carbonyl (C=O) groups is 1. The lowest BCUT2D eigenvalue weighted by molar-refractivity contribution is -0.139. The summed E-state index contributed by atoms with van der Waals surface area (Å²) < 4.78 is 0. The Morgan fingerprint density at radius 2 is 2.10 bits per heavy atom. The Kier molecular flexibility index (Phi) is 4.20. The van der Waals surface area contributed by atoms with E-state index in [1.165, 1.54) is 0 Å². The van der Waals surface area contributed by atoms with Gasteiger partial charge in [0.1, 0.15) is 0 Å². The van der Waals surface area contributed by atoms with Crippen LogP contribution in [0.25, 0.3) is 0 Å². The Hall–Kier alpha value is -1.10. The maximum atomic E-state index is 11.3. The molecule has 1 aliphatic carbocycles. The molecule has 0 spiro atoms. The molecule has 0 aliphatic heterocycles. The standard InChI is InChI=1S/C15H13Cl2NO2S/c16-10-4-2-5-11(17)9(10)7-13-18-14-8(15(19)20)3-1-6-12(14)21-13/h2,4-5,8H,1,3,6-7H2,(H,19,20). The minimum Gasteiger partial charge on any atom is -0.481 e. The van der Waals surface area contributed by atoms with Gasteiger partial charge in [-0.2, -0.15) is 0 Å². The predicted molar refractivity (Wildman–Crippen MR) is 84.7 cm³/mol. The van der Waals surface area contributed by atoms with Crippen LogP contribution in [0.15, 0.2) is 18.2 Å². The monoisotopic (exact) mass is 341 g/mol. The van der Waals surface area contributed by atoms with E-state index in [4.69, 9.17) is 23.2 Å². The molecule has 0 fully saturated rings. The molecular weight excluding hydrogens is 329 g/mol. The lowest BCUT2D eigenvalue weighted by Gasteiger charge is -2.16. The summed E-state index contributed by atoms with van der Waals surface area (Å²) in [6.07, 6.45) is 3.02. The van der Waals surface area contributed by atoms with E-state index in [1.807, 2.05) is 6.07 Å². The number of fused-ring (bicyclic) bond motifs is 1. The van der Waals surface area contributed by atoms with Gasteiger partial charge in [-0.3, -0.25) is 4.79 Å². The van der Waals surface area contributed by atoms with Gasteiger partial charge in [-0.1, -0.05) is 29.3 Å². The number of hydrogen-bond donors (Lipinski definition) is 1. The summed E-state index contributed by atoms with van der Waals surface area (Å²) in [6.45, 7) is 0. The predicted octanol–water partition coefficient (Wildman–Crippen LogP) is 4.55. The quantitative estimate of drug-likeness (QED) is 0.891. The summed E-state index contributed by atoms with van der Waals surface area (Å²) in [7, 11) is 0. The Morgan fingerprint density at radius 1 is 1.38 bits per heavy atom. The van der Waals surface area contributed by atoms with Crippen LogP contribution in [0.4, 0.5) is 0 Å². The number of carboxylic acid groups (broad SMARTS) is 1. The van der Waals surface area contributed by atoms with Crippen LogP contribution in [0.3, 0.4) is 0 Å². The highest BCUT2D eigenvalue weighted by atomic mass is 35.5. The molecule has 1 unspecified atom stereocenters. The van der Waals surface area contributed by atoms with E-state index in [-0.39, 0.29) is 0 Å². The van der Waals surface area contributed by atoms with E-state index in [1.54, 1.807) is 23.5 Å². The molecule has 110 valence electrons. The maximum absolute atomic E-state index is 11.3. The van der Waals surface area contributed by atoms with E-state index < -0.39 is 11.9 Å². The van der Waals surface area contributed by atoms with Gasteiger partial charge in [-0.15, -0.1) is 11.3 Å². The van der Waals surface area contributed by atoms with Crippen LogP contribution in [-0.2, 0) is 17.6 Å². The van der Waals surface area contributed by atoms with Crippen molar-refractivity contribution in [3.63, 3.8) is 0 Å². The zero-order valence-electron chi connectivity index (χ0n) is 11.1. The number of halogens is 2. The first-order valence-corrected chi connectivity index (χ1v) is 8.27. The Labute approximate surface area is 136 Å². The molecule has 1 aromatic heterocycles. The van der Waals surface area contributed by atoms with Gasteiger partial charge in [-0.25, -0.2) is 4.98 Å². The molecule has 0 bridgehead atoms. The van der Waals surface area contributed by atoms with E-state index in [0.717, 1.165) is 34.0 Å². The van der Waals surface area contributed by atoms with Crippen molar-refractivity contribution in [3.8, 4) is 0 Å². The fourth-order valence-corrected chi connectivity index (χ4v) is 4.35. The van der Waals surface area contributed by atoms with Crippen LogP contribution in [0.2, 0.25) is 10.0 Å². The first-order chi connectivity index (χ1) is 10.1. The zero-order valence-corrected chi connectivity index (χ0v) is 13.4. The minimum absolute atomic E-state index is 0.472. The molecule has 6 heteroatoms. The van der Waals surface area contributed by atoms with Gasteiger partial charge in [-0.05, 0) is 37.0 Å². The molecule has 1 aromatic carbocycles. The van der Waals surface area contributed by atoms with Gasteiger partial charge in [0.25, 0.3) is 0 Å². The van der Waals surface area contributed by atoms with Crippen molar-refractivity contribution in [1.82, 2.24) is 4.98 Å². The molecule has 1 N–H and O–H groups in total. The van der Waals surface area contributed by atoms with Gasteiger partial charge in [0, 0.05) is 21.3 Å². The van der Waals surface area contributed by atoms with Crippen molar-refractivity contribution in [2.24, 2.45) is 0 Å². The molecule has 2 aromatic rings. The number of thiazole rings is 1. The minimum atomic E-state index is -0.788. The highest BCUT2D eigenvalue weighted by Crippen LogP contribution is 2.36. The number of aromatic nitrogens is 1. The molecule has 0 amide bonds. The fraction of sp³-hybridized carbons (Fsp3) is 0.333. The van der Waals surface area contributed by atoms with Gasteiger partial charge < -0.3 is 5.11 Å². The second-order valence-corrected chi connectivity index (χ2v) is 7.06. The molecule has 3 rings (SSSR count). The number of benzene rings is 1. The second-order valence-electron chi connectivity index (χ2n) is 5.08. The van der Waals surface area contributed by atoms with Crippen molar-refractivity contribution in [2.45, 2.75) is 31.6 Å². The van der Waals surface area contributed by atoms with Crippen molar-refractivity contribution in [3.05, 3.63) is 49.4 Å². The van der Waals surface area contributed by atoms with Crippen LogP contribution >= 0.6 is 34.5 Å². The van der Waals surface area contributed by atoms with Crippen LogP contribution in [0, 0.1) is 0 Å². The summed E-state index contributed by atoms with van der Waals surface area (Å²) in [5, 5.41) is 11.4. The lowest BCUT2D eigenvalue weighted by Crippen LogP contribution is -2.17. The third-order valence-corrected chi connectivity index (χ3v) is 5.53.